The fourth-order valence-electron chi connectivity index (χ4n) is 3.88. The van der Waals surface area contributed by atoms with Crippen LogP contribution < -0.4 is 10.1 Å². The highest BCUT2D eigenvalue weighted by Crippen LogP contribution is 2.36. The number of aliphatic hydroxyl groups excluding tert-OH is 1. The second-order valence-electron chi connectivity index (χ2n) is 8.76. The molecule has 2 aromatic rings. The maximum absolute atomic E-state index is 13.6. The molecule has 0 fully saturated rings. The second-order valence-corrected chi connectivity index (χ2v) is 10.6. The van der Waals surface area contributed by atoms with E-state index >= 15 is 0 Å². The first kappa shape index (κ1) is 25.9. The van der Waals surface area contributed by atoms with Crippen molar-refractivity contribution in [3.8, 4) is 16.9 Å². The van der Waals surface area contributed by atoms with Crippen molar-refractivity contribution in [3.05, 3.63) is 42.7 Å². The number of carbonyl (C=O) groups excluding carboxylic acids is 1. The number of hydrogen-bond acceptors (Lipinski definition) is 6. The number of hydrogen-bond donors (Lipinski definition) is 2. The molecule has 0 saturated carbocycles. The molecule has 3 atom stereocenters. The Morgan fingerprint density at radius 3 is 2.76 bits per heavy atom. The average Bonchev–Trinajstić information content (AvgIpc) is 2.84. The van der Waals surface area contributed by atoms with E-state index < -0.39 is 22.2 Å². The standard InChI is InChI=1S/C24H34N4O5S/c1-5-10-26-24(30)27(4)15-22-17(2)14-28(18(3)16-29)34(31,32)23-9-8-19(12-21(23)33-22)20-7-6-11-25-13-20/h6-9,11-13,17-18,22,29H,5,10,14-16H2,1-4H3,(H,26,30)/t17-,18+,22-/m1/s1. The van der Waals surface area contributed by atoms with Crippen LogP contribution in [0.25, 0.3) is 11.1 Å². The van der Waals surface area contributed by atoms with Crippen LogP contribution in [-0.2, 0) is 10.0 Å². The van der Waals surface area contributed by atoms with Crippen LogP contribution in [0.3, 0.4) is 0 Å². The van der Waals surface area contributed by atoms with Crippen molar-refractivity contribution < 1.29 is 23.1 Å². The highest BCUT2D eigenvalue weighted by atomic mass is 32.2. The number of pyridine rings is 1. The second kappa shape index (κ2) is 11.2. The van der Waals surface area contributed by atoms with Gasteiger partial charge in [-0.1, -0.05) is 26.0 Å². The summed E-state index contributed by atoms with van der Waals surface area (Å²) in [5.74, 6) is -0.0317. The molecule has 1 aromatic heterocycles. The molecule has 0 saturated heterocycles. The molecule has 1 aliphatic rings. The fraction of sp³-hybridized carbons (Fsp3) is 0.500. The zero-order chi connectivity index (χ0) is 24.9. The largest absolute Gasteiger partial charge is 0.487 e. The van der Waals surface area contributed by atoms with Gasteiger partial charge in [-0.25, -0.2) is 13.2 Å². The van der Waals surface area contributed by atoms with E-state index in [-0.39, 0.29) is 42.3 Å². The molecule has 1 aliphatic heterocycles. The SMILES string of the molecule is CCCNC(=O)N(C)C[C@H]1Oc2cc(-c3cccnc3)ccc2S(=O)(=O)N([C@@H](C)CO)C[C@H]1C. The van der Waals surface area contributed by atoms with E-state index in [9.17, 15) is 18.3 Å². The zero-order valence-electron chi connectivity index (χ0n) is 20.1. The number of benzene rings is 1. The Kier molecular flexibility index (Phi) is 8.51. The molecule has 2 amide bonds. The first-order valence-electron chi connectivity index (χ1n) is 11.5. The quantitative estimate of drug-likeness (QED) is 0.617. The van der Waals surface area contributed by atoms with Crippen molar-refractivity contribution in [1.82, 2.24) is 19.5 Å². The minimum absolute atomic E-state index is 0.0374. The van der Waals surface area contributed by atoms with Crippen LogP contribution in [0.15, 0.2) is 47.6 Å². The minimum atomic E-state index is -3.93. The van der Waals surface area contributed by atoms with E-state index in [2.05, 4.69) is 10.3 Å². The molecule has 2 N–H and O–H groups in total. The number of aromatic nitrogens is 1. The van der Waals surface area contributed by atoms with Crippen molar-refractivity contribution in [2.24, 2.45) is 5.92 Å². The van der Waals surface area contributed by atoms with Gasteiger partial charge in [0.2, 0.25) is 10.0 Å². The molecule has 0 bridgehead atoms. The Balaban J connectivity index is 2.04. The summed E-state index contributed by atoms with van der Waals surface area (Å²) >= 11 is 0. The molecule has 0 unspecified atom stereocenters. The molecule has 0 radical (unpaired) electrons. The topological polar surface area (TPSA) is 112 Å². The smallest absolute Gasteiger partial charge is 0.317 e. The van der Waals surface area contributed by atoms with Crippen LogP contribution in [0, 0.1) is 5.92 Å². The predicted octanol–water partition coefficient (Wildman–Crippen LogP) is 2.57. The van der Waals surface area contributed by atoms with E-state index in [1.54, 1.807) is 43.4 Å². The number of amides is 2. The van der Waals surface area contributed by atoms with Crippen molar-refractivity contribution in [3.63, 3.8) is 0 Å². The number of urea groups is 1. The lowest BCUT2D eigenvalue weighted by Crippen LogP contribution is -2.51. The van der Waals surface area contributed by atoms with Gasteiger partial charge in [0.1, 0.15) is 16.7 Å². The summed E-state index contributed by atoms with van der Waals surface area (Å²) in [4.78, 5) is 18.2. The lowest BCUT2D eigenvalue weighted by Gasteiger charge is -2.37. The van der Waals surface area contributed by atoms with Gasteiger partial charge < -0.3 is 20.1 Å². The molecule has 2 heterocycles. The molecule has 1 aromatic carbocycles. The Bertz CT molecular complexity index is 1080. The predicted molar refractivity (Wildman–Crippen MR) is 130 cm³/mol. The van der Waals surface area contributed by atoms with Gasteiger partial charge in [0.05, 0.1) is 13.2 Å². The fourth-order valence-corrected chi connectivity index (χ4v) is 5.70. The van der Waals surface area contributed by atoms with E-state index in [0.29, 0.717) is 6.54 Å². The van der Waals surface area contributed by atoms with E-state index in [4.69, 9.17) is 4.74 Å². The first-order chi connectivity index (χ1) is 16.2. The summed E-state index contributed by atoms with van der Waals surface area (Å²) < 4.78 is 34.8. The monoisotopic (exact) mass is 490 g/mol. The molecule has 10 heteroatoms. The molecule has 9 nitrogen and oxygen atoms in total. The third-order valence-electron chi connectivity index (χ3n) is 5.99. The Morgan fingerprint density at radius 2 is 2.12 bits per heavy atom. The van der Waals surface area contributed by atoms with Crippen molar-refractivity contribution >= 4 is 16.1 Å². The van der Waals surface area contributed by atoms with Gasteiger partial charge in [0.25, 0.3) is 0 Å². The lowest BCUT2D eigenvalue weighted by molar-refractivity contribution is 0.0813. The molecule has 34 heavy (non-hydrogen) atoms. The number of nitrogens with one attached hydrogen (secondary N) is 1. The number of carbonyl (C=O) groups is 1. The summed E-state index contributed by atoms with van der Waals surface area (Å²) in [6.45, 7) is 6.24. The summed E-state index contributed by atoms with van der Waals surface area (Å²) in [5, 5.41) is 12.6. The highest BCUT2D eigenvalue weighted by molar-refractivity contribution is 7.89. The average molecular weight is 491 g/mol. The van der Waals surface area contributed by atoms with Gasteiger partial charge in [-0.05, 0) is 37.1 Å². The van der Waals surface area contributed by atoms with Gasteiger partial charge in [-0.2, -0.15) is 4.31 Å². The summed E-state index contributed by atoms with van der Waals surface area (Å²) in [5.41, 5.74) is 1.60. The lowest BCUT2D eigenvalue weighted by atomic mass is 10.0. The maximum Gasteiger partial charge on any atom is 0.317 e. The van der Waals surface area contributed by atoms with E-state index in [0.717, 1.165) is 17.5 Å². The van der Waals surface area contributed by atoms with Crippen molar-refractivity contribution in [1.29, 1.82) is 0 Å². The molecule has 0 aliphatic carbocycles. The van der Waals surface area contributed by atoms with Gasteiger partial charge in [-0.3, -0.25) is 4.98 Å². The van der Waals surface area contributed by atoms with Crippen molar-refractivity contribution in [2.45, 2.75) is 44.2 Å². The zero-order valence-corrected chi connectivity index (χ0v) is 21.0. The Hall–Kier alpha value is -2.69. The Labute approximate surface area is 201 Å². The van der Waals surface area contributed by atoms with Crippen LogP contribution in [0.4, 0.5) is 4.79 Å². The number of ether oxygens (including phenoxy) is 1. The van der Waals surface area contributed by atoms with Gasteiger partial charge in [-0.15, -0.1) is 0 Å². The Morgan fingerprint density at radius 1 is 1.35 bits per heavy atom. The summed E-state index contributed by atoms with van der Waals surface area (Å²) in [6.07, 6.45) is 3.73. The number of sulfonamides is 1. The number of fused-ring (bicyclic) bond motifs is 1. The van der Waals surface area contributed by atoms with Crippen LogP contribution in [-0.4, -0.2) is 79.2 Å². The number of aliphatic hydroxyl groups is 1. The minimum Gasteiger partial charge on any atom is -0.487 e. The third-order valence-corrected chi connectivity index (χ3v) is 8.01. The first-order valence-corrected chi connectivity index (χ1v) is 13.0. The number of nitrogens with zero attached hydrogens (tertiary/aromatic N) is 3. The molecular formula is C24H34N4O5S. The summed E-state index contributed by atoms with van der Waals surface area (Å²) in [7, 11) is -2.23. The van der Waals surface area contributed by atoms with E-state index in [1.165, 1.54) is 10.4 Å². The van der Waals surface area contributed by atoms with Gasteiger partial charge >= 0.3 is 6.03 Å². The van der Waals surface area contributed by atoms with Gasteiger partial charge in [0.15, 0.2) is 0 Å². The van der Waals surface area contributed by atoms with Crippen LogP contribution in [0.1, 0.15) is 27.2 Å². The molecule has 0 spiro atoms. The van der Waals surface area contributed by atoms with Crippen LogP contribution in [0.5, 0.6) is 5.75 Å². The molecule has 186 valence electrons. The normalized spacial score (nSPS) is 20.9. The number of likely N-dealkylation sites (N-methyl/N-ethyl adjacent to an activating group) is 1. The summed E-state index contributed by atoms with van der Waals surface area (Å²) in [6, 6.07) is 7.84. The maximum atomic E-state index is 13.6. The highest BCUT2D eigenvalue weighted by Gasteiger charge is 2.38. The van der Waals surface area contributed by atoms with E-state index in [1.807, 2.05) is 26.0 Å². The molecular weight excluding hydrogens is 456 g/mol. The third kappa shape index (κ3) is 5.68. The van der Waals surface area contributed by atoms with Crippen LogP contribution in [0.2, 0.25) is 0 Å². The van der Waals surface area contributed by atoms with Crippen LogP contribution >= 0.6 is 0 Å². The van der Waals surface area contributed by atoms with Gasteiger partial charge in [0, 0.05) is 50.1 Å². The van der Waals surface area contributed by atoms with Crippen molar-refractivity contribution in [2.75, 3.05) is 33.3 Å². The molecule has 3 rings (SSSR count). The number of rotatable bonds is 7.